The van der Waals surface area contributed by atoms with Gasteiger partial charge in [0, 0.05) is 17.6 Å². The second-order valence-corrected chi connectivity index (χ2v) is 5.19. The molecule has 116 valence electrons. The van der Waals surface area contributed by atoms with E-state index in [0.717, 1.165) is 5.56 Å². The van der Waals surface area contributed by atoms with Crippen LogP contribution in [-0.2, 0) is 11.2 Å². The van der Waals surface area contributed by atoms with Crippen LogP contribution in [0, 0.1) is 12.4 Å². The van der Waals surface area contributed by atoms with Gasteiger partial charge in [0.1, 0.15) is 11.6 Å². The molecule has 2 rings (SSSR count). The van der Waals surface area contributed by atoms with Gasteiger partial charge in [-0.15, -0.1) is 0 Å². The largest absolute Gasteiger partial charge is 0.507 e. The molecule has 0 bridgehead atoms. The van der Waals surface area contributed by atoms with E-state index in [1.807, 2.05) is 0 Å². The molecule has 0 spiro atoms. The van der Waals surface area contributed by atoms with Gasteiger partial charge < -0.3 is 5.11 Å². The Labute approximate surface area is 134 Å². The minimum absolute atomic E-state index is 0.111. The number of rotatable bonds is 5. The lowest BCUT2D eigenvalue weighted by atomic mass is 10.0. The lowest BCUT2D eigenvalue weighted by Crippen LogP contribution is -2.04. The van der Waals surface area contributed by atoms with Crippen LogP contribution in [0.3, 0.4) is 0 Å². The number of hydrogen-bond acceptors (Lipinski definition) is 2. The second kappa shape index (κ2) is 7.37. The molecule has 2 aromatic carbocycles. The van der Waals surface area contributed by atoms with Crippen LogP contribution in [0.5, 0.6) is 0 Å². The molecule has 0 aromatic heterocycles. The van der Waals surface area contributed by atoms with E-state index in [-0.39, 0.29) is 29.4 Å². The van der Waals surface area contributed by atoms with Gasteiger partial charge in [-0.3, -0.25) is 4.79 Å². The van der Waals surface area contributed by atoms with Crippen LogP contribution in [0.2, 0.25) is 0 Å². The summed E-state index contributed by atoms with van der Waals surface area (Å²) in [5.74, 6) is -0.604. The topological polar surface area (TPSA) is 41.7 Å². The number of halogens is 1. The van der Waals surface area contributed by atoms with Crippen molar-refractivity contribution < 1.29 is 14.3 Å². The maximum Gasteiger partial charge on any atom is 0.187 e. The minimum atomic E-state index is -0.312. The van der Waals surface area contributed by atoms with Gasteiger partial charge in [-0.05, 0) is 37.1 Å². The molecule has 0 aliphatic rings. The molecule has 0 amide bonds. The highest BCUT2D eigenvalue weighted by Gasteiger charge is 2.12. The monoisotopic (exact) mass is 309 g/mol. The molecule has 0 aliphatic carbocycles. The van der Waals surface area contributed by atoms with Gasteiger partial charge in [0.05, 0.1) is 6.57 Å². The van der Waals surface area contributed by atoms with E-state index in [1.165, 1.54) is 12.1 Å². The van der Waals surface area contributed by atoms with Crippen molar-refractivity contribution in [2.24, 2.45) is 0 Å². The zero-order chi connectivity index (χ0) is 16.8. The fourth-order valence-electron chi connectivity index (χ4n) is 2.17. The first-order valence-corrected chi connectivity index (χ1v) is 7.16. The average Bonchev–Trinajstić information content (AvgIpc) is 2.59. The number of carbonyl (C=O) groups excluding carboxylic acids is 1. The zero-order valence-electron chi connectivity index (χ0n) is 12.7. The van der Waals surface area contributed by atoms with Crippen molar-refractivity contribution in [1.29, 1.82) is 0 Å². The first kappa shape index (κ1) is 16.4. The van der Waals surface area contributed by atoms with E-state index in [2.05, 4.69) is 4.85 Å². The molecule has 0 heterocycles. The first-order valence-electron chi connectivity index (χ1n) is 7.16. The Balaban J connectivity index is 2.10. The Morgan fingerprint density at radius 2 is 1.91 bits per heavy atom. The lowest BCUT2D eigenvalue weighted by Gasteiger charge is -2.07. The number of nitrogens with zero attached hydrogens (tertiary/aromatic N) is 1. The van der Waals surface area contributed by atoms with E-state index in [1.54, 1.807) is 43.3 Å². The molecule has 2 aromatic rings. The van der Waals surface area contributed by atoms with Crippen molar-refractivity contribution in [3.63, 3.8) is 0 Å². The molecular formula is C19H16FNO2. The number of allylic oxidation sites excluding steroid dienone is 1. The highest BCUT2D eigenvalue weighted by atomic mass is 19.1. The summed E-state index contributed by atoms with van der Waals surface area (Å²) in [6, 6.07) is 12.5. The number of ketones is 1. The molecule has 0 unspecified atom stereocenters. The highest BCUT2D eigenvalue weighted by molar-refractivity contribution is 6.00. The number of aryl methyl sites for hydroxylation is 1. The quantitative estimate of drug-likeness (QED) is 0.486. The number of Topliss-reactive ketones (excluding diaryl/α,β-unsaturated/α-hetero) is 1. The Kier molecular flexibility index (Phi) is 5.27. The predicted octanol–water partition coefficient (Wildman–Crippen LogP) is 4.87. The summed E-state index contributed by atoms with van der Waals surface area (Å²) < 4.78 is 12.8. The third-order valence-corrected chi connectivity index (χ3v) is 3.58. The summed E-state index contributed by atoms with van der Waals surface area (Å²) in [7, 11) is 0. The summed E-state index contributed by atoms with van der Waals surface area (Å²) in [5.41, 5.74) is 1.98. The van der Waals surface area contributed by atoms with Gasteiger partial charge in [0.15, 0.2) is 11.5 Å². The van der Waals surface area contributed by atoms with Gasteiger partial charge in [0.25, 0.3) is 0 Å². The van der Waals surface area contributed by atoms with Crippen LogP contribution in [0.1, 0.15) is 24.5 Å². The van der Waals surface area contributed by atoms with E-state index in [9.17, 15) is 14.3 Å². The van der Waals surface area contributed by atoms with Crippen molar-refractivity contribution in [3.8, 4) is 0 Å². The van der Waals surface area contributed by atoms with Crippen LogP contribution >= 0.6 is 0 Å². The van der Waals surface area contributed by atoms with Crippen molar-refractivity contribution in [1.82, 2.24) is 0 Å². The maximum atomic E-state index is 12.8. The van der Waals surface area contributed by atoms with Crippen molar-refractivity contribution >= 4 is 17.2 Å². The molecule has 0 saturated carbocycles. The number of aliphatic hydroxyl groups is 1. The SMILES string of the molecule is [C-]#[N+]c1cccc(C(O)=C(C)C(=O)CCc2ccc(F)cc2)c1. The summed E-state index contributed by atoms with van der Waals surface area (Å²) in [6.07, 6.45) is 0.704. The Hall–Kier alpha value is -2.93. The third kappa shape index (κ3) is 4.27. The minimum Gasteiger partial charge on any atom is -0.507 e. The molecule has 0 fully saturated rings. The Morgan fingerprint density at radius 3 is 2.57 bits per heavy atom. The number of benzene rings is 2. The van der Waals surface area contributed by atoms with E-state index in [4.69, 9.17) is 6.57 Å². The molecule has 4 heteroatoms. The summed E-state index contributed by atoms with van der Waals surface area (Å²) in [5, 5.41) is 10.2. The molecule has 1 N–H and O–H groups in total. The van der Waals surface area contributed by atoms with Crippen molar-refractivity contribution in [2.75, 3.05) is 0 Å². The number of hydrogen-bond donors (Lipinski definition) is 1. The van der Waals surface area contributed by atoms with Gasteiger partial charge in [-0.2, -0.15) is 0 Å². The highest BCUT2D eigenvalue weighted by Crippen LogP contribution is 2.22. The van der Waals surface area contributed by atoms with Gasteiger partial charge >= 0.3 is 0 Å². The second-order valence-electron chi connectivity index (χ2n) is 5.19. The normalized spacial score (nSPS) is 11.5. The fourth-order valence-corrected chi connectivity index (χ4v) is 2.17. The van der Waals surface area contributed by atoms with Crippen LogP contribution in [0.25, 0.3) is 10.6 Å². The summed E-state index contributed by atoms with van der Waals surface area (Å²) >= 11 is 0. The molecule has 23 heavy (non-hydrogen) atoms. The van der Waals surface area contributed by atoms with Gasteiger partial charge in [-0.1, -0.05) is 30.3 Å². The standard InChI is InChI=1S/C19H16FNO2/c1-13(19(23)15-4-3-5-17(12-15)21-2)18(22)11-8-14-6-9-16(20)10-7-14/h3-7,9-10,12,23H,8,11H2,1H3. The number of aliphatic hydroxyl groups excluding tert-OH is 1. The number of carbonyl (C=O) groups is 1. The van der Waals surface area contributed by atoms with Crippen LogP contribution in [0.4, 0.5) is 10.1 Å². The van der Waals surface area contributed by atoms with Gasteiger partial charge in [-0.25, -0.2) is 9.24 Å². The van der Waals surface area contributed by atoms with E-state index < -0.39 is 0 Å². The predicted molar refractivity (Wildman–Crippen MR) is 87.7 cm³/mol. The maximum absolute atomic E-state index is 12.8. The molecule has 3 nitrogen and oxygen atoms in total. The van der Waals surface area contributed by atoms with Crippen molar-refractivity contribution in [2.45, 2.75) is 19.8 Å². The fraction of sp³-hybridized carbons (Fsp3) is 0.158. The van der Waals surface area contributed by atoms with Crippen molar-refractivity contribution in [3.05, 3.63) is 82.5 Å². The zero-order valence-corrected chi connectivity index (χ0v) is 12.7. The van der Waals surface area contributed by atoms with Crippen LogP contribution in [-0.4, -0.2) is 10.9 Å². The summed E-state index contributed by atoms with van der Waals surface area (Å²) in [4.78, 5) is 15.5. The van der Waals surface area contributed by atoms with Crippen LogP contribution in [0.15, 0.2) is 54.1 Å². The molecular weight excluding hydrogens is 293 g/mol. The third-order valence-electron chi connectivity index (χ3n) is 3.58. The first-order chi connectivity index (χ1) is 11.0. The smallest absolute Gasteiger partial charge is 0.187 e. The molecule has 0 atom stereocenters. The van der Waals surface area contributed by atoms with Gasteiger partial charge in [0.2, 0.25) is 0 Å². The molecule has 0 aliphatic heterocycles. The van der Waals surface area contributed by atoms with Crippen LogP contribution < -0.4 is 0 Å². The van der Waals surface area contributed by atoms with E-state index in [0.29, 0.717) is 17.7 Å². The Bertz CT molecular complexity index is 786. The summed E-state index contributed by atoms with van der Waals surface area (Å²) in [6.45, 7) is 8.55. The Morgan fingerprint density at radius 1 is 1.22 bits per heavy atom. The molecule has 0 radical (unpaired) electrons. The van der Waals surface area contributed by atoms with E-state index >= 15 is 0 Å². The average molecular weight is 309 g/mol. The molecule has 0 saturated heterocycles. The lowest BCUT2D eigenvalue weighted by molar-refractivity contribution is -0.115.